The number of nitrogens with one attached hydrogen (secondary N) is 1. The van der Waals surface area contributed by atoms with E-state index in [1.54, 1.807) is 6.20 Å². The van der Waals surface area contributed by atoms with E-state index >= 15 is 0 Å². The molecule has 0 aliphatic heterocycles. The minimum absolute atomic E-state index is 0.403. The van der Waals surface area contributed by atoms with Crippen molar-refractivity contribution < 1.29 is 4.52 Å². The van der Waals surface area contributed by atoms with Crippen molar-refractivity contribution >= 4 is 0 Å². The number of hydrogen-bond donors (Lipinski definition) is 1. The quantitative estimate of drug-likeness (QED) is 0.872. The van der Waals surface area contributed by atoms with Gasteiger partial charge in [-0.2, -0.15) is 4.98 Å². The number of hydrogen-bond acceptors (Lipinski definition) is 5. The molecule has 0 atom stereocenters. The van der Waals surface area contributed by atoms with Gasteiger partial charge in [-0.1, -0.05) is 19.0 Å². The molecule has 0 radical (unpaired) electrons. The second-order valence-electron chi connectivity index (χ2n) is 4.24. The van der Waals surface area contributed by atoms with E-state index in [9.17, 15) is 0 Å². The minimum atomic E-state index is 0.403. The van der Waals surface area contributed by atoms with Crippen molar-refractivity contribution in [2.75, 3.05) is 0 Å². The van der Waals surface area contributed by atoms with Gasteiger partial charge in [0, 0.05) is 23.5 Å². The maximum atomic E-state index is 5.21. The zero-order chi connectivity index (χ0) is 12.3. The van der Waals surface area contributed by atoms with Crippen LogP contribution in [0.4, 0.5) is 0 Å². The summed E-state index contributed by atoms with van der Waals surface area (Å²) in [4.78, 5) is 8.45. The zero-order valence-electron chi connectivity index (χ0n) is 10.3. The Morgan fingerprint density at radius 3 is 2.94 bits per heavy atom. The maximum absolute atomic E-state index is 5.21. The monoisotopic (exact) mass is 232 g/mol. The second kappa shape index (κ2) is 5.05. The van der Waals surface area contributed by atoms with Crippen LogP contribution in [0.3, 0.4) is 0 Å². The van der Waals surface area contributed by atoms with Gasteiger partial charge < -0.3 is 9.84 Å². The van der Waals surface area contributed by atoms with E-state index in [-0.39, 0.29) is 0 Å². The molecule has 2 aromatic rings. The highest BCUT2D eigenvalue weighted by Gasteiger charge is 2.09. The first-order valence-electron chi connectivity index (χ1n) is 5.64. The van der Waals surface area contributed by atoms with Gasteiger partial charge in [0.25, 0.3) is 5.89 Å². The molecule has 0 aromatic carbocycles. The number of rotatable bonds is 4. The highest BCUT2D eigenvalue weighted by molar-refractivity contribution is 5.52. The molecule has 5 heteroatoms. The van der Waals surface area contributed by atoms with Crippen molar-refractivity contribution in [3.63, 3.8) is 0 Å². The van der Waals surface area contributed by atoms with Gasteiger partial charge in [-0.3, -0.25) is 4.98 Å². The molecule has 0 saturated heterocycles. The molecule has 0 bridgehead atoms. The van der Waals surface area contributed by atoms with Crippen LogP contribution in [0, 0.1) is 6.92 Å². The first-order valence-corrected chi connectivity index (χ1v) is 5.64. The average molecular weight is 232 g/mol. The Balaban J connectivity index is 2.12. The van der Waals surface area contributed by atoms with Crippen molar-refractivity contribution in [1.82, 2.24) is 20.4 Å². The summed E-state index contributed by atoms with van der Waals surface area (Å²) in [5.74, 6) is 1.21. The number of pyridine rings is 1. The summed E-state index contributed by atoms with van der Waals surface area (Å²) in [7, 11) is 0. The van der Waals surface area contributed by atoms with Crippen LogP contribution in [0.2, 0.25) is 0 Å². The first kappa shape index (κ1) is 11.7. The fourth-order valence-electron chi connectivity index (χ4n) is 1.42. The molecule has 1 N–H and O–H groups in total. The molecule has 5 nitrogen and oxygen atoms in total. The molecule has 0 fully saturated rings. The largest absolute Gasteiger partial charge is 0.334 e. The van der Waals surface area contributed by atoms with E-state index in [0.717, 1.165) is 11.3 Å². The molecule has 90 valence electrons. The molecule has 2 rings (SSSR count). The van der Waals surface area contributed by atoms with Crippen molar-refractivity contribution in [2.24, 2.45) is 0 Å². The molecule has 17 heavy (non-hydrogen) atoms. The summed E-state index contributed by atoms with van der Waals surface area (Å²) < 4.78 is 5.21. The Bertz CT molecular complexity index is 493. The smallest absolute Gasteiger partial charge is 0.258 e. The molecular formula is C12H16N4O. The van der Waals surface area contributed by atoms with E-state index in [0.29, 0.717) is 24.3 Å². The van der Waals surface area contributed by atoms with Crippen molar-refractivity contribution in [3.05, 3.63) is 29.8 Å². The molecule has 2 heterocycles. The summed E-state index contributed by atoms with van der Waals surface area (Å²) in [5, 5.41) is 7.17. The molecule has 0 spiro atoms. The maximum Gasteiger partial charge on any atom is 0.258 e. The van der Waals surface area contributed by atoms with E-state index in [1.165, 1.54) is 0 Å². The Morgan fingerprint density at radius 1 is 1.41 bits per heavy atom. The van der Waals surface area contributed by atoms with Crippen LogP contribution in [-0.2, 0) is 6.54 Å². The van der Waals surface area contributed by atoms with Gasteiger partial charge in [0.2, 0.25) is 0 Å². The van der Waals surface area contributed by atoms with Gasteiger partial charge in [-0.15, -0.1) is 0 Å². The summed E-state index contributed by atoms with van der Waals surface area (Å²) in [6.07, 6.45) is 1.74. The standard InChI is InChI=1S/C12H16N4O/c1-8(2)14-7-11-15-12(17-16-11)10-4-5-13-9(3)6-10/h4-6,8,14H,7H2,1-3H3. The second-order valence-corrected chi connectivity index (χ2v) is 4.24. The number of aromatic nitrogens is 3. The summed E-state index contributed by atoms with van der Waals surface area (Å²) in [5.41, 5.74) is 1.84. The topological polar surface area (TPSA) is 63.8 Å². The molecular weight excluding hydrogens is 216 g/mol. The summed E-state index contributed by atoms with van der Waals surface area (Å²) in [6, 6.07) is 4.19. The summed E-state index contributed by atoms with van der Waals surface area (Å²) in [6.45, 7) is 6.70. The van der Waals surface area contributed by atoms with Crippen LogP contribution in [-0.4, -0.2) is 21.2 Å². The molecule has 0 aliphatic carbocycles. The summed E-state index contributed by atoms with van der Waals surface area (Å²) >= 11 is 0. The van der Waals surface area contributed by atoms with Crippen LogP contribution in [0.1, 0.15) is 25.4 Å². The fraction of sp³-hybridized carbons (Fsp3) is 0.417. The van der Waals surface area contributed by atoms with Crippen molar-refractivity contribution in [1.29, 1.82) is 0 Å². The van der Waals surface area contributed by atoms with Crippen molar-refractivity contribution in [2.45, 2.75) is 33.4 Å². The lowest BCUT2D eigenvalue weighted by Gasteiger charge is -2.03. The molecule has 0 amide bonds. The van der Waals surface area contributed by atoms with E-state index < -0.39 is 0 Å². The average Bonchev–Trinajstić information content (AvgIpc) is 2.75. The van der Waals surface area contributed by atoms with E-state index in [2.05, 4.69) is 34.3 Å². The Morgan fingerprint density at radius 2 is 2.24 bits per heavy atom. The lowest BCUT2D eigenvalue weighted by atomic mass is 10.2. The van der Waals surface area contributed by atoms with Gasteiger partial charge in [0.1, 0.15) is 0 Å². The third kappa shape index (κ3) is 3.10. The van der Waals surface area contributed by atoms with Gasteiger partial charge in [-0.25, -0.2) is 0 Å². The predicted octanol–water partition coefficient (Wildman–Crippen LogP) is 1.94. The minimum Gasteiger partial charge on any atom is -0.334 e. The zero-order valence-corrected chi connectivity index (χ0v) is 10.3. The number of nitrogens with zero attached hydrogens (tertiary/aromatic N) is 3. The lowest BCUT2D eigenvalue weighted by molar-refractivity contribution is 0.417. The van der Waals surface area contributed by atoms with Gasteiger partial charge in [-0.05, 0) is 19.1 Å². The van der Waals surface area contributed by atoms with E-state index in [4.69, 9.17) is 4.52 Å². The Kier molecular flexibility index (Phi) is 3.49. The van der Waals surface area contributed by atoms with Gasteiger partial charge >= 0.3 is 0 Å². The third-order valence-electron chi connectivity index (χ3n) is 2.28. The third-order valence-corrected chi connectivity index (χ3v) is 2.28. The fourth-order valence-corrected chi connectivity index (χ4v) is 1.42. The lowest BCUT2D eigenvalue weighted by Crippen LogP contribution is -2.22. The van der Waals surface area contributed by atoms with Crippen LogP contribution in [0.25, 0.3) is 11.5 Å². The molecule has 0 saturated carbocycles. The van der Waals surface area contributed by atoms with Crippen LogP contribution in [0.15, 0.2) is 22.9 Å². The SMILES string of the molecule is Cc1cc(-c2nc(CNC(C)C)no2)ccn1. The normalized spacial score (nSPS) is 11.1. The predicted molar refractivity (Wildman–Crippen MR) is 64.2 cm³/mol. The van der Waals surface area contributed by atoms with Crippen molar-refractivity contribution in [3.8, 4) is 11.5 Å². The molecule has 2 aromatic heterocycles. The highest BCUT2D eigenvalue weighted by atomic mass is 16.5. The first-order chi connectivity index (χ1) is 8.15. The van der Waals surface area contributed by atoms with E-state index in [1.807, 2.05) is 19.1 Å². The van der Waals surface area contributed by atoms with Gasteiger partial charge in [0.05, 0.1) is 6.54 Å². The molecule has 0 unspecified atom stereocenters. The highest BCUT2D eigenvalue weighted by Crippen LogP contribution is 2.16. The van der Waals surface area contributed by atoms with Crippen LogP contribution < -0.4 is 5.32 Å². The Hall–Kier alpha value is -1.75. The molecule has 0 aliphatic rings. The number of aryl methyl sites for hydroxylation is 1. The van der Waals surface area contributed by atoms with Gasteiger partial charge in [0.15, 0.2) is 5.82 Å². The Labute approximate surface area is 100 Å². The van der Waals surface area contributed by atoms with Crippen LogP contribution in [0.5, 0.6) is 0 Å². The van der Waals surface area contributed by atoms with Crippen LogP contribution >= 0.6 is 0 Å².